The molecule has 124 valence electrons. The van der Waals surface area contributed by atoms with Crippen LogP contribution in [0, 0.1) is 13.8 Å². The third-order valence-electron chi connectivity index (χ3n) is 3.82. The third-order valence-corrected chi connectivity index (χ3v) is 5.06. The first-order valence-electron chi connectivity index (χ1n) is 7.69. The average Bonchev–Trinajstić information content (AvgIpc) is 2.52. The van der Waals surface area contributed by atoms with E-state index in [4.69, 9.17) is 4.74 Å². The lowest BCUT2D eigenvalue weighted by Crippen LogP contribution is -2.21. The molecule has 0 bridgehead atoms. The summed E-state index contributed by atoms with van der Waals surface area (Å²) in [5.74, 6) is 0.597. The van der Waals surface area contributed by atoms with Crippen molar-refractivity contribution in [3.63, 3.8) is 0 Å². The highest BCUT2D eigenvalue weighted by molar-refractivity contribution is 7.92. The minimum absolute atomic E-state index is 0.0874. The molecule has 2 aromatic carbocycles. The Morgan fingerprint density at radius 1 is 1.04 bits per heavy atom. The van der Waals surface area contributed by atoms with Crippen molar-refractivity contribution in [1.82, 2.24) is 0 Å². The third kappa shape index (κ3) is 4.99. The summed E-state index contributed by atoms with van der Waals surface area (Å²) >= 11 is 0. The molecule has 1 N–H and O–H groups in total. The van der Waals surface area contributed by atoms with E-state index in [-0.39, 0.29) is 12.4 Å². The molecule has 2 rings (SSSR count). The van der Waals surface area contributed by atoms with Gasteiger partial charge in [0.25, 0.3) is 0 Å². The largest absolute Gasteiger partial charge is 0.492 e. The Balaban J connectivity index is 1.92. The average molecular weight is 333 g/mol. The normalized spacial score (nSPS) is 11.3. The summed E-state index contributed by atoms with van der Waals surface area (Å²) in [6, 6.07) is 13.3. The summed E-state index contributed by atoms with van der Waals surface area (Å²) in [6.45, 7) is 6.06. The van der Waals surface area contributed by atoms with Crippen LogP contribution in [-0.4, -0.2) is 20.8 Å². The van der Waals surface area contributed by atoms with E-state index in [1.165, 1.54) is 5.56 Å². The van der Waals surface area contributed by atoms with Gasteiger partial charge in [0.05, 0.1) is 5.69 Å². The number of nitrogens with one attached hydrogen (secondary N) is 1. The molecule has 0 heterocycles. The van der Waals surface area contributed by atoms with Gasteiger partial charge in [0, 0.05) is 0 Å². The topological polar surface area (TPSA) is 55.4 Å². The Morgan fingerprint density at radius 2 is 1.74 bits per heavy atom. The van der Waals surface area contributed by atoms with Gasteiger partial charge in [-0.2, -0.15) is 0 Å². The van der Waals surface area contributed by atoms with Gasteiger partial charge in [0.1, 0.15) is 18.1 Å². The Bertz CT molecular complexity index is 752. The number of ether oxygens (including phenoxy) is 1. The van der Waals surface area contributed by atoms with Crippen LogP contribution in [0.25, 0.3) is 0 Å². The maximum Gasteiger partial charge on any atom is 0.236 e. The molecule has 2 aromatic rings. The molecule has 0 aliphatic rings. The van der Waals surface area contributed by atoms with Gasteiger partial charge < -0.3 is 4.74 Å². The van der Waals surface area contributed by atoms with Gasteiger partial charge in [0.15, 0.2) is 0 Å². The van der Waals surface area contributed by atoms with Crippen molar-refractivity contribution < 1.29 is 13.2 Å². The highest BCUT2D eigenvalue weighted by atomic mass is 32.2. The standard InChI is InChI=1S/C18H23NO3S/c1-4-16-8-10-17(11-9-16)22-12-13-23(20,21)19-18-7-5-6-14(2)15(18)3/h5-11,19H,4,12-13H2,1-3H3. The van der Waals surface area contributed by atoms with Gasteiger partial charge in [-0.1, -0.05) is 31.2 Å². The van der Waals surface area contributed by atoms with E-state index < -0.39 is 10.0 Å². The molecule has 4 nitrogen and oxygen atoms in total. The van der Waals surface area contributed by atoms with E-state index in [2.05, 4.69) is 11.6 Å². The van der Waals surface area contributed by atoms with Crippen LogP contribution in [0.2, 0.25) is 0 Å². The molecule has 0 aliphatic heterocycles. The smallest absolute Gasteiger partial charge is 0.236 e. The molecule has 0 fully saturated rings. The summed E-state index contributed by atoms with van der Waals surface area (Å²) in [7, 11) is -3.43. The number of hydrogen-bond acceptors (Lipinski definition) is 3. The van der Waals surface area contributed by atoms with Crippen LogP contribution in [0.15, 0.2) is 42.5 Å². The Labute approximate surface area is 138 Å². The van der Waals surface area contributed by atoms with Crippen molar-refractivity contribution in [2.45, 2.75) is 27.2 Å². The molecule has 0 saturated carbocycles. The molecule has 0 aromatic heterocycles. The highest BCUT2D eigenvalue weighted by Gasteiger charge is 2.12. The summed E-state index contributed by atoms with van der Waals surface area (Å²) in [5, 5.41) is 0. The molecule has 0 spiro atoms. The number of sulfonamides is 1. The fraction of sp³-hybridized carbons (Fsp3) is 0.333. The Hall–Kier alpha value is -2.01. The predicted molar refractivity (Wildman–Crippen MR) is 94.6 cm³/mol. The van der Waals surface area contributed by atoms with Gasteiger partial charge in [0.2, 0.25) is 10.0 Å². The van der Waals surface area contributed by atoms with Gasteiger partial charge in [-0.15, -0.1) is 0 Å². The van der Waals surface area contributed by atoms with Crippen molar-refractivity contribution in [1.29, 1.82) is 0 Å². The second-order valence-corrected chi connectivity index (χ2v) is 7.36. The second kappa shape index (κ2) is 7.51. The van der Waals surface area contributed by atoms with Crippen molar-refractivity contribution >= 4 is 15.7 Å². The quantitative estimate of drug-likeness (QED) is 0.841. The zero-order chi connectivity index (χ0) is 16.9. The van der Waals surface area contributed by atoms with Gasteiger partial charge in [-0.25, -0.2) is 8.42 Å². The zero-order valence-corrected chi connectivity index (χ0v) is 14.6. The van der Waals surface area contributed by atoms with Crippen molar-refractivity contribution in [2.75, 3.05) is 17.1 Å². The summed E-state index contributed by atoms with van der Waals surface area (Å²) in [4.78, 5) is 0. The first kappa shape index (κ1) is 17.3. The van der Waals surface area contributed by atoms with Crippen molar-refractivity contribution in [3.05, 3.63) is 59.2 Å². The van der Waals surface area contributed by atoms with Gasteiger partial charge in [-0.3, -0.25) is 4.72 Å². The molecule has 0 aliphatic carbocycles. The van der Waals surface area contributed by atoms with Crippen LogP contribution in [-0.2, 0) is 16.4 Å². The summed E-state index contributed by atoms with van der Waals surface area (Å²) in [5.41, 5.74) is 3.84. The van der Waals surface area contributed by atoms with E-state index in [0.29, 0.717) is 11.4 Å². The number of benzene rings is 2. The maximum atomic E-state index is 12.2. The SMILES string of the molecule is CCc1ccc(OCCS(=O)(=O)Nc2cccc(C)c2C)cc1. The van der Waals surface area contributed by atoms with E-state index in [1.54, 1.807) is 6.07 Å². The minimum Gasteiger partial charge on any atom is -0.492 e. The van der Waals surface area contributed by atoms with E-state index in [9.17, 15) is 8.42 Å². The number of anilines is 1. The molecular weight excluding hydrogens is 310 g/mol. The Morgan fingerprint density at radius 3 is 2.39 bits per heavy atom. The maximum absolute atomic E-state index is 12.2. The van der Waals surface area contributed by atoms with Crippen molar-refractivity contribution in [3.8, 4) is 5.75 Å². The van der Waals surface area contributed by atoms with Crippen LogP contribution >= 0.6 is 0 Å². The molecule has 5 heteroatoms. The lowest BCUT2D eigenvalue weighted by atomic mass is 10.1. The first-order chi connectivity index (χ1) is 10.9. The highest BCUT2D eigenvalue weighted by Crippen LogP contribution is 2.19. The molecular formula is C18H23NO3S. The molecule has 23 heavy (non-hydrogen) atoms. The van der Waals surface area contributed by atoms with Crippen LogP contribution in [0.5, 0.6) is 5.75 Å². The van der Waals surface area contributed by atoms with Gasteiger partial charge in [-0.05, 0) is 55.2 Å². The first-order valence-corrected chi connectivity index (χ1v) is 9.35. The molecule has 0 amide bonds. The second-order valence-electron chi connectivity index (χ2n) is 5.51. The number of rotatable bonds is 7. The van der Waals surface area contributed by atoms with Crippen LogP contribution in [0.3, 0.4) is 0 Å². The predicted octanol–water partition coefficient (Wildman–Crippen LogP) is 3.69. The van der Waals surface area contributed by atoms with Crippen LogP contribution in [0.4, 0.5) is 5.69 Å². The lowest BCUT2D eigenvalue weighted by molar-refractivity contribution is 0.341. The summed E-state index contributed by atoms with van der Waals surface area (Å²) < 4.78 is 32.5. The number of hydrogen-bond donors (Lipinski definition) is 1. The molecule has 0 radical (unpaired) electrons. The molecule has 0 saturated heterocycles. The Kier molecular flexibility index (Phi) is 5.66. The van der Waals surface area contributed by atoms with E-state index >= 15 is 0 Å². The van der Waals surface area contributed by atoms with Crippen molar-refractivity contribution in [2.24, 2.45) is 0 Å². The zero-order valence-electron chi connectivity index (χ0n) is 13.8. The number of aryl methyl sites for hydroxylation is 2. The van der Waals surface area contributed by atoms with E-state index in [1.807, 2.05) is 50.2 Å². The van der Waals surface area contributed by atoms with Crippen LogP contribution < -0.4 is 9.46 Å². The lowest BCUT2D eigenvalue weighted by Gasteiger charge is -2.12. The van der Waals surface area contributed by atoms with Crippen LogP contribution in [0.1, 0.15) is 23.6 Å². The fourth-order valence-electron chi connectivity index (χ4n) is 2.17. The summed E-state index contributed by atoms with van der Waals surface area (Å²) in [6.07, 6.45) is 0.967. The monoisotopic (exact) mass is 333 g/mol. The molecule has 0 unspecified atom stereocenters. The van der Waals surface area contributed by atoms with Gasteiger partial charge >= 0.3 is 0 Å². The molecule has 0 atom stereocenters. The van der Waals surface area contributed by atoms with E-state index in [0.717, 1.165) is 17.5 Å². The fourth-order valence-corrected chi connectivity index (χ4v) is 3.13. The minimum atomic E-state index is -3.43.